The van der Waals surface area contributed by atoms with Gasteiger partial charge in [0, 0.05) is 37.8 Å². The number of amides is 1. The number of benzene rings is 1. The summed E-state index contributed by atoms with van der Waals surface area (Å²) in [5.41, 5.74) is 2.47. The van der Waals surface area contributed by atoms with Crippen molar-refractivity contribution in [2.75, 3.05) is 36.4 Å². The van der Waals surface area contributed by atoms with E-state index in [0.717, 1.165) is 42.8 Å². The van der Waals surface area contributed by atoms with Crippen molar-refractivity contribution in [3.8, 4) is 0 Å². The van der Waals surface area contributed by atoms with Gasteiger partial charge in [-0.3, -0.25) is 9.78 Å². The summed E-state index contributed by atoms with van der Waals surface area (Å²) in [5.74, 6) is 0.331. The summed E-state index contributed by atoms with van der Waals surface area (Å²) in [4.78, 5) is 23.4. The zero-order chi connectivity index (χ0) is 17.1. The van der Waals surface area contributed by atoms with Crippen LogP contribution < -0.4 is 15.5 Å². The van der Waals surface area contributed by atoms with Gasteiger partial charge in [0.1, 0.15) is 5.82 Å². The summed E-state index contributed by atoms with van der Waals surface area (Å²) in [6.45, 7) is 3.90. The van der Waals surface area contributed by atoms with E-state index in [2.05, 4.69) is 25.5 Å². The van der Waals surface area contributed by atoms with E-state index in [4.69, 9.17) is 0 Å². The molecule has 0 saturated carbocycles. The number of aromatic nitrogens is 2. The maximum absolute atomic E-state index is 12.4. The first-order valence-electron chi connectivity index (χ1n) is 8.37. The smallest absolute Gasteiger partial charge is 0.258 e. The van der Waals surface area contributed by atoms with Crippen molar-refractivity contribution in [2.24, 2.45) is 0 Å². The largest absolute Gasteiger partial charge is 0.368 e. The van der Waals surface area contributed by atoms with Crippen LogP contribution in [0.15, 0.2) is 54.9 Å². The summed E-state index contributed by atoms with van der Waals surface area (Å²) in [5, 5.41) is 7.10. The molecule has 0 atom stereocenters. The molecular weight excluding hydrogens is 314 g/mol. The first kappa shape index (κ1) is 15.5. The van der Waals surface area contributed by atoms with Crippen molar-refractivity contribution in [2.45, 2.75) is 0 Å². The first-order chi connectivity index (χ1) is 12.3. The number of carbonyl (C=O) groups excluding carboxylic acids is 1. The summed E-state index contributed by atoms with van der Waals surface area (Å²) in [7, 11) is 0. The predicted molar refractivity (Wildman–Crippen MR) is 99.0 cm³/mol. The van der Waals surface area contributed by atoms with Crippen LogP contribution >= 0.6 is 0 Å². The molecule has 6 heteroatoms. The van der Waals surface area contributed by atoms with E-state index in [0.29, 0.717) is 11.4 Å². The van der Waals surface area contributed by atoms with Crippen LogP contribution in [0.2, 0.25) is 0 Å². The lowest BCUT2D eigenvalue weighted by molar-refractivity contribution is 0.102. The van der Waals surface area contributed by atoms with E-state index in [1.54, 1.807) is 12.4 Å². The number of hydrogen-bond acceptors (Lipinski definition) is 5. The van der Waals surface area contributed by atoms with Gasteiger partial charge < -0.3 is 15.5 Å². The highest BCUT2D eigenvalue weighted by atomic mass is 16.1. The highest BCUT2D eigenvalue weighted by Gasteiger charge is 2.12. The SMILES string of the molecule is O=C(Nc1ccc(N2CCNCC2)cn1)c1cnc2ccccc2c1. The zero-order valence-electron chi connectivity index (χ0n) is 13.8. The zero-order valence-corrected chi connectivity index (χ0v) is 13.8. The molecule has 2 N–H and O–H groups in total. The normalized spacial score (nSPS) is 14.5. The Bertz CT molecular complexity index is 888. The van der Waals surface area contributed by atoms with Gasteiger partial charge in [0.05, 0.1) is 23.0 Å². The van der Waals surface area contributed by atoms with Gasteiger partial charge in [-0.05, 0) is 24.3 Å². The van der Waals surface area contributed by atoms with Gasteiger partial charge in [0.15, 0.2) is 0 Å². The Balaban J connectivity index is 1.47. The maximum atomic E-state index is 12.4. The number of nitrogens with one attached hydrogen (secondary N) is 2. The number of nitrogens with zero attached hydrogens (tertiary/aromatic N) is 3. The standard InChI is InChI=1S/C19H19N5O/c25-19(15-11-14-3-1-2-4-17(14)21-12-15)23-18-6-5-16(13-22-18)24-9-7-20-8-10-24/h1-6,11-13,20H,7-10H2,(H,22,23,25). The Kier molecular flexibility index (Phi) is 4.26. The Hall–Kier alpha value is -2.99. The van der Waals surface area contributed by atoms with Gasteiger partial charge in [-0.25, -0.2) is 4.98 Å². The van der Waals surface area contributed by atoms with Crippen molar-refractivity contribution >= 4 is 28.3 Å². The number of rotatable bonds is 3. The van der Waals surface area contributed by atoms with Crippen molar-refractivity contribution < 1.29 is 4.79 Å². The minimum Gasteiger partial charge on any atom is -0.368 e. The molecule has 1 aliphatic heterocycles. The van der Waals surface area contributed by atoms with E-state index in [9.17, 15) is 4.79 Å². The molecule has 126 valence electrons. The third kappa shape index (κ3) is 3.44. The van der Waals surface area contributed by atoms with E-state index in [1.807, 2.05) is 42.5 Å². The third-order valence-corrected chi connectivity index (χ3v) is 4.32. The summed E-state index contributed by atoms with van der Waals surface area (Å²) >= 11 is 0. The van der Waals surface area contributed by atoms with Gasteiger partial charge >= 0.3 is 0 Å². The first-order valence-corrected chi connectivity index (χ1v) is 8.37. The topological polar surface area (TPSA) is 70.2 Å². The molecule has 3 aromatic rings. The van der Waals surface area contributed by atoms with Crippen molar-refractivity contribution in [1.29, 1.82) is 0 Å². The van der Waals surface area contributed by atoms with Crippen LogP contribution in [-0.4, -0.2) is 42.1 Å². The number of fused-ring (bicyclic) bond motifs is 1. The molecule has 0 aliphatic carbocycles. The fourth-order valence-electron chi connectivity index (χ4n) is 2.95. The second kappa shape index (κ2) is 6.86. The van der Waals surface area contributed by atoms with Crippen molar-refractivity contribution in [3.05, 3.63) is 60.4 Å². The summed E-state index contributed by atoms with van der Waals surface area (Å²) in [6.07, 6.45) is 3.40. The molecule has 3 heterocycles. The quantitative estimate of drug-likeness (QED) is 0.770. The monoisotopic (exact) mass is 333 g/mol. The fourth-order valence-corrected chi connectivity index (χ4v) is 2.95. The van der Waals surface area contributed by atoms with E-state index >= 15 is 0 Å². The molecule has 6 nitrogen and oxygen atoms in total. The molecule has 25 heavy (non-hydrogen) atoms. The summed E-state index contributed by atoms with van der Waals surface area (Å²) < 4.78 is 0. The average molecular weight is 333 g/mol. The van der Waals surface area contributed by atoms with Crippen LogP contribution in [0.3, 0.4) is 0 Å². The number of carbonyl (C=O) groups is 1. The number of anilines is 2. The number of piperazine rings is 1. The van der Waals surface area contributed by atoms with E-state index in [1.165, 1.54) is 0 Å². The van der Waals surface area contributed by atoms with Crippen molar-refractivity contribution in [3.63, 3.8) is 0 Å². The minimum atomic E-state index is -0.208. The van der Waals surface area contributed by atoms with Crippen LogP contribution in [0, 0.1) is 0 Å². The van der Waals surface area contributed by atoms with Crippen LogP contribution in [-0.2, 0) is 0 Å². The second-order valence-electron chi connectivity index (χ2n) is 6.01. The van der Waals surface area contributed by atoms with Crippen LogP contribution in [0.25, 0.3) is 10.9 Å². The second-order valence-corrected chi connectivity index (χ2v) is 6.01. The van der Waals surface area contributed by atoms with E-state index in [-0.39, 0.29) is 5.91 Å². The molecule has 0 unspecified atom stereocenters. The van der Waals surface area contributed by atoms with Gasteiger partial charge in [-0.15, -0.1) is 0 Å². The lowest BCUT2D eigenvalue weighted by Crippen LogP contribution is -2.43. The highest BCUT2D eigenvalue weighted by Crippen LogP contribution is 2.17. The predicted octanol–water partition coefficient (Wildman–Crippen LogP) is 2.29. The van der Waals surface area contributed by atoms with Crippen LogP contribution in [0.1, 0.15) is 10.4 Å². The number of pyridine rings is 2. The van der Waals surface area contributed by atoms with E-state index < -0.39 is 0 Å². The van der Waals surface area contributed by atoms with Gasteiger partial charge in [0.2, 0.25) is 0 Å². The average Bonchev–Trinajstić information content (AvgIpc) is 2.69. The molecule has 0 spiro atoms. The Morgan fingerprint density at radius 3 is 2.68 bits per heavy atom. The number of para-hydroxylation sites is 1. The molecule has 0 bridgehead atoms. The molecule has 4 rings (SSSR count). The molecule has 1 amide bonds. The summed E-state index contributed by atoms with van der Waals surface area (Å²) in [6, 6.07) is 13.4. The molecule has 1 fully saturated rings. The Labute approximate surface area is 145 Å². The van der Waals surface area contributed by atoms with Crippen LogP contribution in [0.4, 0.5) is 11.5 Å². The Morgan fingerprint density at radius 1 is 1.04 bits per heavy atom. The third-order valence-electron chi connectivity index (χ3n) is 4.32. The molecule has 1 aliphatic rings. The molecular formula is C19H19N5O. The van der Waals surface area contributed by atoms with Crippen molar-refractivity contribution in [1.82, 2.24) is 15.3 Å². The van der Waals surface area contributed by atoms with Crippen LogP contribution in [0.5, 0.6) is 0 Å². The van der Waals surface area contributed by atoms with Gasteiger partial charge in [-0.1, -0.05) is 18.2 Å². The maximum Gasteiger partial charge on any atom is 0.258 e. The van der Waals surface area contributed by atoms with Gasteiger partial charge in [-0.2, -0.15) is 0 Å². The molecule has 1 aromatic carbocycles. The fraction of sp³-hybridized carbons (Fsp3) is 0.211. The molecule has 2 aromatic heterocycles. The number of hydrogen-bond donors (Lipinski definition) is 2. The molecule has 1 saturated heterocycles. The highest BCUT2D eigenvalue weighted by molar-refractivity contribution is 6.05. The van der Waals surface area contributed by atoms with Gasteiger partial charge in [0.25, 0.3) is 5.91 Å². The lowest BCUT2D eigenvalue weighted by atomic mass is 10.1. The lowest BCUT2D eigenvalue weighted by Gasteiger charge is -2.29. The minimum absolute atomic E-state index is 0.208. The Morgan fingerprint density at radius 2 is 1.88 bits per heavy atom. The molecule has 0 radical (unpaired) electrons.